The number of nitrogens with one attached hydrogen (secondary N) is 1. The Kier molecular flexibility index (Phi) is 2.66. The van der Waals surface area contributed by atoms with Gasteiger partial charge in [0.15, 0.2) is 0 Å². The monoisotopic (exact) mass is 152 g/mol. The first-order valence-corrected chi connectivity index (χ1v) is 3.63. The van der Waals surface area contributed by atoms with E-state index in [2.05, 4.69) is 22.1 Å². The van der Waals surface area contributed by atoms with E-state index in [9.17, 15) is 0 Å². The number of aromatic nitrogens is 2. The van der Waals surface area contributed by atoms with Gasteiger partial charge in [0.1, 0.15) is 5.84 Å². The van der Waals surface area contributed by atoms with Crippen molar-refractivity contribution in [1.29, 1.82) is 0 Å². The SMILES string of the molecule is CCCN=C(N)c1cn[nH]c1. The predicted molar refractivity (Wildman–Crippen MR) is 44.5 cm³/mol. The Bertz CT molecular complexity index is 225. The molecule has 3 N–H and O–H groups in total. The minimum atomic E-state index is 0.556. The fourth-order valence-corrected chi connectivity index (χ4v) is 0.715. The molecule has 4 nitrogen and oxygen atoms in total. The molecule has 0 aromatic carbocycles. The van der Waals surface area contributed by atoms with Crippen LogP contribution < -0.4 is 5.73 Å². The van der Waals surface area contributed by atoms with Gasteiger partial charge in [0.25, 0.3) is 0 Å². The molecule has 0 atom stereocenters. The molecular formula is C7H12N4. The molecule has 1 rings (SSSR count). The van der Waals surface area contributed by atoms with Crippen LogP contribution in [0.15, 0.2) is 17.4 Å². The van der Waals surface area contributed by atoms with E-state index >= 15 is 0 Å². The molecule has 0 unspecified atom stereocenters. The van der Waals surface area contributed by atoms with E-state index in [1.807, 2.05) is 0 Å². The predicted octanol–water partition coefficient (Wildman–Crippen LogP) is 0.525. The zero-order valence-corrected chi connectivity index (χ0v) is 6.54. The molecule has 1 aromatic rings. The maximum atomic E-state index is 5.62. The minimum absolute atomic E-state index is 0.556. The summed E-state index contributed by atoms with van der Waals surface area (Å²) >= 11 is 0. The third-order valence-electron chi connectivity index (χ3n) is 1.30. The Morgan fingerprint density at radius 1 is 1.82 bits per heavy atom. The third-order valence-corrected chi connectivity index (χ3v) is 1.30. The summed E-state index contributed by atoms with van der Waals surface area (Å²) in [6, 6.07) is 0. The summed E-state index contributed by atoms with van der Waals surface area (Å²) in [5.41, 5.74) is 6.48. The topological polar surface area (TPSA) is 67.1 Å². The maximum Gasteiger partial charge on any atom is 0.128 e. The highest BCUT2D eigenvalue weighted by atomic mass is 15.1. The lowest BCUT2D eigenvalue weighted by Gasteiger charge is -1.93. The van der Waals surface area contributed by atoms with Crippen molar-refractivity contribution in [2.24, 2.45) is 10.7 Å². The molecule has 1 heterocycles. The van der Waals surface area contributed by atoms with Crippen molar-refractivity contribution in [3.8, 4) is 0 Å². The number of nitrogens with zero attached hydrogens (tertiary/aromatic N) is 2. The van der Waals surface area contributed by atoms with Crippen molar-refractivity contribution in [2.75, 3.05) is 6.54 Å². The summed E-state index contributed by atoms with van der Waals surface area (Å²) in [6.07, 6.45) is 4.40. The number of amidine groups is 1. The molecule has 0 spiro atoms. The summed E-state index contributed by atoms with van der Waals surface area (Å²) in [5.74, 6) is 0.556. The van der Waals surface area contributed by atoms with Gasteiger partial charge in [-0.25, -0.2) is 0 Å². The number of nitrogens with two attached hydrogens (primary N) is 1. The van der Waals surface area contributed by atoms with E-state index < -0.39 is 0 Å². The smallest absolute Gasteiger partial charge is 0.128 e. The fourth-order valence-electron chi connectivity index (χ4n) is 0.715. The summed E-state index contributed by atoms with van der Waals surface area (Å²) in [4.78, 5) is 4.12. The first-order chi connectivity index (χ1) is 5.34. The van der Waals surface area contributed by atoms with Crippen LogP contribution in [-0.4, -0.2) is 22.6 Å². The molecule has 0 bridgehead atoms. The number of aromatic amines is 1. The van der Waals surface area contributed by atoms with Gasteiger partial charge in [-0.1, -0.05) is 6.92 Å². The highest BCUT2D eigenvalue weighted by Crippen LogP contribution is 1.92. The number of rotatable bonds is 3. The van der Waals surface area contributed by atoms with E-state index in [-0.39, 0.29) is 0 Å². The zero-order valence-electron chi connectivity index (χ0n) is 6.54. The van der Waals surface area contributed by atoms with Gasteiger partial charge in [-0.15, -0.1) is 0 Å². The van der Waals surface area contributed by atoms with Crippen molar-refractivity contribution in [1.82, 2.24) is 10.2 Å². The fraction of sp³-hybridized carbons (Fsp3) is 0.429. The lowest BCUT2D eigenvalue weighted by Crippen LogP contribution is -2.12. The lowest BCUT2D eigenvalue weighted by atomic mass is 10.3. The second-order valence-electron chi connectivity index (χ2n) is 2.25. The van der Waals surface area contributed by atoms with Crippen LogP contribution in [0.2, 0.25) is 0 Å². The second-order valence-corrected chi connectivity index (χ2v) is 2.25. The number of H-pyrrole nitrogens is 1. The normalized spacial score (nSPS) is 11.9. The molecule has 11 heavy (non-hydrogen) atoms. The van der Waals surface area contributed by atoms with Gasteiger partial charge in [0.05, 0.1) is 11.8 Å². The molecule has 60 valence electrons. The second kappa shape index (κ2) is 3.75. The molecule has 0 aliphatic rings. The molecule has 0 saturated carbocycles. The molecule has 1 aromatic heterocycles. The van der Waals surface area contributed by atoms with Gasteiger partial charge in [-0.2, -0.15) is 5.10 Å². The highest BCUT2D eigenvalue weighted by molar-refractivity contribution is 5.96. The van der Waals surface area contributed by atoms with Crippen molar-refractivity contribution in [3.05, 3.63) is 18.0 Å². The average molecular weight is 152 g/mol. The maximum absolute atomic E-state index is 5.62. The number of aliphatic imine (C=N–C) groups is 1. The van der Waals surface area contributed by atoms with Crippen LogP contribution in [0, 0.1) is 0 Å². The first kappa shape index (κ1) is 7.78. The van der Waals surface area contributed by atoms with E-state index in [1.54, 1.807) is 12.4 Å². The Morgan fingerprint density at radius 3 is 3.18 bits per heavy atom. The van der Waals surface area contributed by atoms with E-state index in [1.165, 1.54) is 0 Å². The molecular weight excluding hydrogens is 140 g/mol. The van der Waals surface area contributed by atoms with Crippen molar-refractivity contribution < 1.29 is 0 Å². The summed E-state index contributed by atoms with van der Waals surface area (Å²) in [7, 11) is 0. The number of hydrogen-bond donors (Lipinski definition) is 2. The Labute approximate surface area is 65.5 Å². The molecule has 0 fully saturated rings. The van der Waals surface area contributed by atoms with Gasteiger partial charge in [-0.3, -0.25) is 10.1 Å². The minimum Gasteiger partial charge on any atom is -0.383 e. The van der Waals surface area contributed by atoms with E-state index in [4.69, 9.17) is 5.73 Å². The quantitative estimate of drug-likeness (QED) is 0.490. The van der Waals surface area contributed by atoms with Crippen molar-refractivity contribution >= 4 is 5.84 Å². The Balaban J connectivity index is 2.62. The van der Waals surface area contributed by atoms with Gasteiger partial charge >= 0.3 is 0 Å². The highest BCUT2D eigenvalue weighted by Gasteiger charge is 1.96. The van der Waals surface area contributed by atoms with Crippen LogP contribution in [0.25, 0.3) is 0 Å². The van der Waals surface area contributed by atoms with Gasteiger partial charge in [0, 0.05) is 12.7 Å². The van der Waals surface area contributed by atoms with Gasteiger partial charge in [-0.05, 0) is 6.42 Å². The van der Waals surface area contributed by atoms with Crippen LogP contribution in [-0.2, 0) is 0 Å². The summed E-state index contributed by atoms with van der Waals surface area (Å²) in [6.45, 7) is 2.84. The summed E-state index contributed by atoms with van der Waals surface area (Å²) < 4.78 is 0. The number of hydrogen-bond acceptors (Lipinski definition) is 2. The first-order valence-electron chi connectivity index (χ1n) is 3.63. The van der Waals surface area contributed by atoms with Crippen molar-refractivity contribution in [3.63, 3.8) is 0 Å². The molecule has 0 radical (unpaired) electrons. The van der Waals surface area contributed by atoms with Gasteiger partial charge < -0.3 is 5.73 Å². The lowest BCUT2D eigenvalue weighted by molar-refractivity contribution is 0.930. The average Bonchev–Trinajstić information content (AvgIpc) is 2.52. The van der Waals surface area contributed by atoms with Crippen LogP contribution in [0.1, 0.15) is 18.9 Å². The molecule has 0 amide bonds. The van der Waals surface area contributed by atoms with Gasteiger partial charge in [0.2, 0.25) is 0 Å². The zero-order chi connectivity index (χ0) is 8.10. The molecule has 0 saturated heterocycles. The van der Waals surface area contributed by atoms with Crippen LogP contribution in [0.4, 0.5) is 0 Å². The Hall–Kier alpha value is -1.32. The van der Waals surface area contributed by atoms with Crippen LogP contribution >= 0.6 is 0 Å². The van der Waals surface area contributed by atoms with E-state index in [0.717, 1.165) is 18.5 Å². The molecule has 4 heteroatoms. The van der Waals surface area contributed by atoms with Crippen LogP contribution in [0.5, 0.6) is 0 Å². The van der Waals surface area contributed by atoms with E-state index in [0.29, 0.717) is 5.84 Å². The summed E-state index contributed by atoms with van der Waals surface area (Å²) in [5, 5.41) is 6.44. The third kappa shape index (κ3) is 2.07. The standard InChI is InChI=1S/C7H12N4/c1-2-3-9-7(8)6-4-10-11-5-6/h4-5H,2-3H2,1H3,(H2,8,9)(H,10,11). The van der Waals surface area contributed by atoms with Crippen LogP contribution in [0.3, 0.4) is 0 Å². The Morgan fingerprint density at radius 2 is 2.64 bits per heavy atom. The largest absolute Gasteiger partial charge is 0.383 e. The van der Waals surface area contributed by atoms with Crippen molar-refractivity contribution in [2.45, 2.75) is 13.3 Å². The molecule has 0 aliphatic heterocycles. The molecule has 0 aliphatic carbocycles.